The zero-order valence-corrected chi connectivity index (χ0v) is 9.41. The van der Waals surface area contributed by atoms with Gasteiger partial charge in [-0.15, -0.1) is 11.3 Å². The SMILES string of the molecule is Cc1nc(C(=O)Nc2ccccc2O)cs1. The van der Waals surface area contributed by atoms with Crippen LogP contribution in [0.4, 0.5) is 5.69 Å². The van der Waals surface area contributed by atoms with Crippen LogP contribution in [0.5, 0.6) is 5.75 Å². The van der Waals surface area contributed by atoms with Gasteiger partial charge < -0.3 is 10.4 Å². The van der Waals surface area contributed by atoms with Gasteiger partial charge in [0.2, 0.25) is 0 Å². The number of rotatable bonds is 2. The van der Waals surface area contributed by atoms with Crippen LogP contribution >= 0.6 is 11.3 Å². The van der Waals surface area contributed by atoms with Gasteiger partial charge in [0.1, 0.15) is 11.4 Å². The number of anilines is 1. The highest BCUT2D eigenvalue weighted by atomic mass is 32.1. The number of benzene rings is 1. The van der Waals surface area contributed by atoms with Crippen molar-refractivity contribution in [1.82, 2.24) is 4.98 Å². The fourth-order valence-corrected chi connectivity index (χ4v) is 1.83. The minimum atomic E-state index is -0.314. The lowest BCUT2D eigenvalue weighted by atomic mass is 10.3. The third kappa shape index (κ3) is 2.20. The Balaban J connectivity index is 2.17. The molecule has 2 N–H and O–H groups in total. The Bertz CT molecular complexity index is 522. The van der Waals surface area contributed by atoms with E-state index in [4.69, 9.17) is 0 Å². The fraction of sp³-hybridized carbons (Fsp3) is 0.0909. The first kappa shape index (κ1) is 10.6. The quantitative estimate of drug-likeness (QED) is 0.784. The molecule has 0 bridgehead atoms. The van der Waals surface area contributed by atoms with Crippen LogP contribution in [0.15, 0.2) is 29.6 Å². The zero-order valence-electron chi connectivity index (χ0n) is 8.60. The summed E-state index contributed by atoms with van der Waals surface area (Å²) in [4.78, 5) is 15.8. The predicted molar refractivity (Wildman–Crippen MR) is 62.9 cm³/mol. The average molecular weight is 234 g/mol. The molecule has 1 amide bonds. The summed E-state index contributed by atoms with van der Waals surface area (Å²) < 4.78 is 0. The lowest BCUT2D eigenvalue weighted by Gasteiger charge is -2.04. The summed E-state index contributed by atoms with van der Waals surface area (Å²) in [6.45, 7) is 1.83. The van der Waals surface area contributed by atoms with Crippen molar-refractivity contribution in [3.63, 3.8) is 0 Å². The zero-order chi connectivity index (χ0) is 11.5. The number of phenolic OH excluding ortho intramolecular Hbond substituents is 1. The van der Waals surface area contributed by atoms with Crippen molar-refractivity contribution in [2.45, 2.75) is 6.92 Å². The van der Waals surface area contributed by atoms with Gasteiger partial charge in [-0.2, -0.15) is 0 Å². The molecule has 0 radical (unpaired) electrons. The minimum absolute atomic E-state index is 0.0443. The molecule has 0 saturated heterocycles. The van der Waals surface area contributed by atoms with Gasteiger partial charge >= 0.3 is 0 Å². The molecule has 2 rings (SSSR count). The molecule has 0 aliphatic rings. The number of para-hydroxylation sites is 2. The van der Waals surface area contributed by atoms with Crippen molar-refractivity contribution in [1.29, 1.82) is 0 Å². The molecule has 2 aromatic rings. The second kappa shape index (κ2) is 4.32. The van der Waals surface area contributed by atoms with E-state index in [1.165, 1.54) is 17.4 Å². The highest BCUT2D eigenvalue weighted by Crippen LogP contribution is 2.22. The number of aryl methyl sites for hydroxylation is 1. The number of phenols is 1. The molecular weight excluding hydrogens is 224 g/mol. The first-order chi connectivity index (χ1) is 7.66. The van der Waals surface area contributed by atoms with Crippen molar-refractivity contribution in [2.24, 2.45) is 0 Å². The number of nitrogens with one attached hydrogen (secondary N) is 1. The largest absolute Gasteiger partial charge is 0.506 e. The van der Waals surface area contributed by atoms with Crippen molar-refractivity contribution >= 4 is 22.9 Å². The van der Waals surface area contributed by atoms with Crippen molar-refractivity contribution < 1.29 is 9.90 Å². The van der Waals surface area contributed by atoms with Crippen LogP contribution in [-0.4, -0.2) is 16.0 Å². The summed E-state index contributed by atoms with van der Waals surface area (Å²) in [5, 5.41) is 14.6. The summed E-state index contributed by atoms with van der Waals surface area (Å²) >= 11 is 1.41. The van der Waals surface area contributed by atoms with Crippen LogP contribution < -0.4 is 5.32 Å². The van der Waals surface area contributed by atoms with Gasteiger partial charge in [-0.3, -0.25) is 4.79 Å². The molecule has 0 aliphatic heterocycles. The first-order valence-electron chi connectivity index (χ1n) is 4.68. The number of aromatic hydroxyl groups is 1. The van der Waals surface area contributed by atoms with Gasteiger partial charge in [0.05, 0.1) is 10.7 Å². The Morgan fingerprint density at radius 2 is 2.19 bits per heavy atom. The number of amides is 1. The number of nitrogens with zero attached hydrogens (tertiary/aromatic N) is 1. The van der Waals surface area contributed by atoms with Crippen LogP contribution in [0.25, 0.3) is 0 Å². The average Bonchev–Trinajstić information content (AvgIpc) is 2.68. The maximum absolute atomic E-state index is 11.7. The summed E-state index contributed by atoms with van der Waals surface area (Å²) in [7, 11) is 0. The summed E-state index contributed by atoms with van der Waals surface area (Å²) in [6.07, 6.45) is 0. The van der Waals surface area contributed by atoms with E-state index in [2.05, 4.69) is 10.3 Å². The molecule has 0 saturated carbocycles. The fourth-order valence-electron chi connectivity index (χ4n) is 1.23. The van der Waals surface area contributed by atoms with E-state index in [0.29, 0.717) is 11.4 Å². The Morgan fingerprint density at radius 3 is 2.81 bits per heavy atom. The third-order valence-corrected chi connectivity index (χ3v) is 2.78. The number of aromatic nitrogens is 1. The van der Waals surface area contributed by atoms with Crippen LogP contribution in [0.3, 0.4) is 0 Å². The van der Waals surface area contributed by atoms with E-state index < -0.39 is 0 Å². The lowest BCUT2D eigenvalue weighted by Crippen LogP contribution is -2.12. The van der Waals surface area contributed by atoms with Gasteiger partial charge in [-0.1, -0.05) is 12.1 Å². The van der Waals surface area contributed by atoms with E-state index in [1.807, 2.05) is 6.92 Å². The van der Waals surface area contributed by atoms with Crippen LogP contribution in [-0.2, 0) is 0 Å². The van der Waals surface area contributed by atoms with Gasteiger partial charge in [-0.25, -0.2) is 4.98 Å². The topological polar surface area (TPSA) is 62.2 Å². The van der Waals surface area contributed by atoms with Crippen molar-refractivity contribution in [3.05, 3.63) is 40.3 Å². The molecule has 5 heteroatoms. The van der Waals surface area contributed by atoms with E-state index in [1.54, 1.807) is 23.6 Å². The predicted octanol–water partition coefficient (Wildman–Crippen LogP) is 2.41. The monoisotopic (exact) mass is 234 g/mol. The number of hydrogen-bond acceptors (Lipinski definition) is 4. The number of thiazole rings is 1. The lowest BCUT2D eigenvalue weighted by molar-refractivity contribution is 0.102. The summed E-state index contributed by atoms with van der Waals surface area (Å²) in [5.41, 5.74) is 0.754. The van der Waals surface area contributed by atoms with Crippen LogP contribution in [0, 0.1) is 6.92 Å². The second-order valence-corrected chi connectivity index (χ2v) is 4.29. The highest BCUT2D eigenvalue weighted by molar-refractivity contribution is 7.09. The van der Waals surface area contributed by atoms with E-state index in [9.17, 15) is 9.90 Å². The Hall–Kier alpha value is -1.88. The highest BCUT2D eigenvalue weighted by Gasteiger charge is 2.10. The Kier molecular flexibility index (Phi) is 2.87. The van der Waals surface area contributed by atoms with Crippen LogP contribution in [0.2, 0.25) is 0 Å². The molecular formula is C11H10N2O2S. The number of carbonyl (C=O) groups excluding carboxylic acids is 1. The maximum Gasteiger partial charge on any atom is 0.275 e. The van der Waals surface area contributed by atoms with Crippen molar-refractivity contribution in [2.75, 3.05) is 5.32 Å². The van der Waals surface area contributed by atoms with E-state index >= 15 is 0 Å². The summed E-state index contributed by atoms with van der Waals surface area (Å²) in [6, 6.07) is 6.58. The number of hydrogen-bond donors (Lipinski definition) is 2. The van der Waals surface area contributed by atoms with E-state index in [0.717, 1.165) is 5.01 Å². The van der Waals surface area contributed by atoms with E-state index in [-0.39, 0.29) is 11.7 Å². The van der Waals surface area contributed by atoms with Crippen molar-refractivity contribution in [3.8, 4) is 5.75 Å². The smallest absolute Gasteiger partial charge is 0.275 e. The van der Waals surface area contributed by atoms with Gasteiger partial charge in [0.25, 0.3) is 5.91 Å². The minimum Gasteiger partial charge on any atom is -0.506 e. The van der Waals surface area contributed by atoms with Gasteiger partial charge in [-0.05, 0) is 19.1 Å². The Labute approximate surface area is 96.6 Å². The van der Waals surface area contributed by atoms with Gasteiger partial charge in [0, 0.05) is 5.38 Å². The molecule has 1 aromatic carbocycles. The third-order valence-electron chi connectivity index (χ3n) is 2.00. The molecule has 1 aromatic heterocycles. The molecule has 82 valence electrons. The molecule has 0 spiro atoms. The number of carbonyl (C=O) groups is 1. The molecule has 1 heterocycles. The van der Waals surface area contributed by atoms with Crippen LogP contribution in [0.1, 0.15) is 15.5 Å². The molecule has 4 nitrogen and oxygen atoms in total. The molecule has 16 heavy (non-hydrogen) atoms. The molecule has 0 aliphatic carbocycles. The first-order valence-corrected chi connectivity index (χ1v) is 5.56. The second-order valence-electron chi connectivity index (χ2n) is 3.22. The molecule has 0 fully saturated rings. The normalized spacial score (nSPS) is 10.1. The summed E-state index contributed by atoms with van der Waals surface area (Å²) in [5.74, 6) is -0.270. The molecule has 0 unspecified atom stereocenters. The standard InChI is InChI=1S/C11H10N2O2S/c1-7-12-9(6-16-7)11(15)13-8-4-2-3-5-10(8)14/h2-6,14H,1H3,(H,13,15). The Morgan fingerprint density at radius 1 is 1.44 bits per heavy atom. The van der Waals surface area contributed by atoms with Gasteiger partial charge in [0.15, 0.2) is 0 Å². The maximum atomic E-state index is 11.7. The molecule has 0 atom stereocenters.